The Bertz CT molecular complexity index is 703. The molecule has 1 aliphatic heterocycles. The van der Waals surface area contributed by atoms with Crippen LogP contribution in [0.5, 0.6) is 5.75 Å². The van der Waals surface area contributed by atoms with Crippen LogP contribution in [0, 0.1) is 5.82 Å². The van der Waals surface area contributed by atoms with Crippen molar-refractivity contribution < 1.29 is 23.8 Å². The van der Waals surface area contributed by atoms with Crippen LogP contribution in [0.25, 0.3) is 0 Å². The van der Waals surface area contributed by atoms with E-state index in [-0.39, 0.29) is 24.5 Å². The highest BCUT2D eigenvalue weighted by Gasteiger charge is 2.34. The first kappa shape index (κ1) is 16.3. The van der Waals surface area contributed by atoms with Crippen LogP contribution in [0.1, 0.15) is 11.1 Å². The third-order valence-corrected chi connectivity index (χ3v) is 3.81. The molecule has 3 rings (SSSR count). The molecule has 0 unspecified atom stereocenters. The molecule has 5 nitrogen and oxygen atoms in total. The normalized spacial score (nSPS) is 17.1. The second-order valence-corrected chi connectivity index (χ2v) is 5.67. The van der Waals surface area contributed by atoms with Crippen LogP contribution >= 0.6 is 0 Å². The molecule has 0 aromatic heterocycles. The fourth-order valence-electron chi connectivity index (χ4n) is 2.50. The second-order valence-electron chi connectivity index (χ2n) is 5.67. The molecule has 0 aliphatic carbocycles. The number of carbonyl (C=O) groups is 1. The van der Waals surface area contributed by atoms with Gasteiger partial charge in [-0.05, 0) is 29.7 Å². The monoisotopic (exact) mass is 331 g/mol. The van der Waals surface area contributed by atoms with E-state index in [1.165, 1.54) is 6.07 Å². The quantitative estimate of drug-likeness (QED) is 0.765. The maximum Gasteiger partial charge on any atom is 0.404 e. The van der Waals surface area contributed by atoms with Gasteiger partial charge >= 0.3 is 6.09 Å². The predicted molar refractivity (Wildman–Crippen MR) is 85.6 cm³/mol. The molecule has 1 aliphatic rings. The fourth-order valence-corrected chi connectivity index (χ4v) is 2.50. The molecular formula is C18H18FNO4. The number of rotatable bonds is 7. The van der Waals surface area contributed by atoms with Gasteiger partial charge in [0, 0.05) is 0 Å². The van der Waals surface area contributed by atoms with Gasteiger partial charge < -0.3 is 19.9 Å². The zero-order valence-corrected chi connectivity index (χ0v) is 12.9. The molecule has 126 valence electrons. The van der Waals surface area contributed by atoms with Gasteiger partial charge in [-0.3, -0.25) is 0 Å². The van der Waals surface area contributed by atoms with Crippen LogP contribution in [0.4, 0.5) is 9.18 Å². The van der Waals surface area contributed by atoms with E-state index in [0.717, 1.165) is 5.56 Å². The predicted octanol–water partition coefficient (Wildman–Crippen LogP) is 2.98. The number of epoxide rings is 1. The number of hydrogen-bond donors (Lipinski definition) is 2. The largest absolute Gasteiger partial charge is 0.486 e. The molecule has 1 heterocycles. The molecule has 0 spiro atoms. The molecular weight excluding hydrogens is 313 g/mol. The summed E-state index contributed by atoms with van der Waals surface area (Å²) in [5, 5.41) is 11.3. The highest BCUT2D eigenvalue weighted by molar-refractivity contribution is 5.65. The first-order valence-corrected chi connectivity index (χ1v) is 7.68. The number of benzene rings is 2. The van der Waals surface area contributed by atoms with Crippen molar-refractivity contribution in [2.24, 2.45) is 0 Å². The van der Waals surface area contributed by atoms with Gasteiger partial charge in [-0.25, -0.2) is 9.18 Å². The van der Waals surface area contributed by atoms with Crippen LogP contribution in [0.3, 0.4) is 0 Å². The molecule has 6 heteroatoms. The zero-order chi connectivity index (χ0) is 16.9. The van der Waals surface area contributed by atoms with Crippen LogP contribution in [-0.2, 0) is 17.8 Å². The van der Waals surface area contributed by atoms with Gasteiger partial charge in [-0.1, -0.05) is 36.4 Å². The van der Waals surface area contributed by atoms with Crippen molar-refractivity contribution in [1.29, 1.82) is 0 Å². The van der Waals surface area contributed by atoms with Crippen LogP contribution in [-0.4, -0.2) is 30.0 Å². The van der Waals surface area contributed by atoms with Gasteiger partial charge in [0.1, 0.15) is 12.7 Å². The summed E-state index contributed by atoms with van der Waals surface area (Å²) >= 11 is 0. The van der Waals surface area contributed by atoms with E-state index < -0.39 is 11.9 Å². The van der Waals surface area contributed by atoms with Crippen molar-refractivity contribution in [1.82, 2.24) is 5.32 Å². The average molecular weight is 331 g/mol. The summed E-state index contributed by atoms with van der Waals surface area (Å²) in [7, 11) is 0. The van der Waals surface area contributed by atoms with Gasteiger partial charge in [0.2, 0.25) is 0 Å². The molecule has 2 N–H and O–H groups in total. The van der Waals surface area contributed by atoms with E-state index in [1.54, 1.807) is 12.1 Å². The third kappa shape index (κ3) is 4.45. The van der Waals surface area contributed by atoms with E-state index in [0.29, 0.717) is 18.6 Å². The topological polar surface area (TPSA) is 71.1 Å². The Balaban J connectivity index is 1.62. The molecule has 1 amide bonds. The van der Waals surface area contributed by atoms with Crippen molar-refractivity contribution in [3.8, 4) is 5.75 Å². The van der Waals surface area contributed by atoms with Gasteiger partial charge in [0.05, 0.1) is 12.6 Å². The molecule has 0 saturated carbocycles. The summed E-state index contributed by atoms with van der Waals surface area (Å²) in [6.07, 6.45) is -0.885. The lowest BCUT2D eigenvalue weighted by Crippen LogP contribution is -2.39. The summed E-state index contributed by atoms with van der Waals surface area (Å²) in [5.74, 6) is -0.290. The minimum absolute atomic E-state index is 0.141. The zero-order valence-electron chi connectivity index (χ0n) is 12.9. The third-order valence-electron chi connectivity index (χ3n) is 3.81. The van der Waals surface area contributed by atoms with Gasteiger partial charge in [-0.2, -0.15) is 0 Å². The Kier molecular flexibility index (Phi) is 4.96. The summed E-state index contributed by atoms with van der Waals surface area (Å²) in [6.45, 7) is 0.807. The summed E-state index contributed by atoms with van der Waals surface area (Å²) < 4.78 is 24.8. The van der Waals surface area contributed by atoms with E-state index in [2.05, 4.69) is 5.32 Å². The number of hydrogen-bond acceptors (Lipinski definition) is 3. The number of halogens is 1. The standard InChI is InChI=1S/C18H18FNO4/c19-14-8-13(9-15(17-11-24-17)20-18(21)22)6-7-16(14)23-10-12-4-2-1-3-5-12/h1-8,15,17,20H,9-11H2,(H,21,22)/t15-,17+/m0/s1. The number of carboxylic acid groups (broad SMARTS) is 1. The molecule has 24 heavy (non-hydrogen) atoms. The molecule has 0 bridgehead atoms. The SMILES string of the molecule is O=C(O)N[C@@H](Cc1ccc(OCc2ccccc2)c(F)c1)[C@H]1CO1. The van der Waals surface area contributed by atoms with Crippen LogP contribution in [0.15, 0.2) is 48.5 Å². The minimum atomic E-state index is -1.11. The molecule has 2 atom stereocenters. The van der Waals surface area contributed by atoms with E-state index >= 15 is 0 Å². The first-order chi connectivity index (χ1) is 11.6. The summed E-state index contributed by atoms with van der Waals surface area (Å²) in [5.41, 5.74) is 1.64. The Morgan fingerprint density at radius 3 is 2.67 bits per heavy atom. The maximum absolute atomic E-state index is 14.2. The lowest BCUT2D eigenvalue weighted by Gasteiger charge is -2.15. The minimum Gasteiger partial charge on any atom is -0.486 e. The highest BCUT2D eigenvalue weighted by atomic mass is 19.1. The van der Waals surface area contributed by atoms with Crippen molar-refractivity contribution in [3.05, 3.63) is 65.5 Å². The van der Waals surface area contributed by atoms with E-state index in [1.807, 2.05) is 30.3 Å². The fraction of sp³-hybridized carbons (Fsp3) is 0.278. The van der Waals surface area contributed by atoms with Crippen molar-refractivity contribution in [2.45, 2.75) is 25.2 Å². The average Bonchev–Trinajstić information content (AvgIpc) is 3.39. The van der Waals surface area contributed by atoms with Crippen LogP contribution < -0.4 is 10.1 Å². The number of amides is 1. The second kappa shape index (κ2) is 7.31. The van der Waals surface area contributed by atoms with Crippen molar-refractivity contribution in [3.63, 3.8) is 0 Å². The molecule has 1 fully saturated rings. The number of ether oxygens (including phenoxy) is 2. The Morgan fingerprint density at radius 1 is 1.29 bits per heavy atom. The Labute approximate surface area is 139 Å². The lowest BCUT2D eigenvalue weighted by atomic mass is 10.0. The number of nitrogens with one attached hydrogen (secondary N) is 1. The van der Waals surface area contributed by atoms with Gasteiger partial charge in [-0.15, -0.1) is 0 Å². The molecule has 0 radical (unpaired) electrons. The maximum atomic E-state index is 14.2. The lowest BCUT2D eigenvalue weighted by molar-refractivity contribution is 0.186. The molecule has 2 aromatic carbocycles. The van der Waals surface area contributed by atoms with Crippen molar-refractivity contribution >= 4 is 6.09 Å². The molecule has 1 saturated heterocycles. The Morgan fingerprint density at radius 2 is 2.04 bits per heavy atom. The van der Waals surface area contributed by atoms with E-state index in [9.17, 15) is 9.18 Å². The van der Waals surface area contributed by atoms with Crippen LogP contribution in [0.2, 0.25) is 0 Å². The highest BCUT2D eigenvalue weighted by Crippen LogP contribution is 2.23. The van der Waals surface area contributed by atoms with Gasteiger partial charge in [0.15, 0.2) is 11.6 Å². The molecule has 2 aromatic rings. The van der Waals surface area contributed by atoms with Crippen molar-refractivity contribution in [2.75, 3.05) is 6.61 Å². The summed E-state index contributed by atoms with van der Waals surface area (Å²) in [4.78, 5) is 10.8. The first-order valence-electron chi connectivity index (χ1n) is 7.68. The summed E-state index contributed by atoms with van der Waals surface area (Å²) in [6, 6.07) is 13.8. The smallest absolute Gasteiger partial charge is 0.404 e. The van der Waals surface area contributed by atoms with E-state index in [4.69, 9.17) is 14.6 Å². The van der Waals surface area contributed by atoms with Gasteiger partial charge in [0.25, 0.3) is 0 Å². The Hall–Kier alpha value is -2.60.